The summed E-state index contributed by atoms with van der Waals surface area (Å²) in [4.78, 5) is 22.6. The maximum Gasteiger partial charge on any atom is 0.270 e. The Morgan fingerprint density at radius 3 is 2.63 bits per heavy atom. The molecule has 0 fully saturated rings. The van der Waals surface area contributed by atoms with Crippen LogP contribution in [0.4, 0.5) is 0 Å². The average Bonchev–Trinajstić information content (AvgIpc) is 3.42. The molecule has 0 saturated carbocycles. The molecule has 0 aromatic carbocycles. The van der Waals surface area contributed by atoms with Crippen molar-refractivity contribution >= 4 is 38.8 Å². The van der Waals surface area contributed by atoms with Crippen molar-refractivity contribution in [2.45, 2.75) is 50.3 Å². The van der Waals surface area contributed by atoms with Gasteiger partial charge in [0.25, 0.3) is 5.91 Å². The van der Waals surface area contributed by atoms with Crippen LogP contribution in [0.15, 0.2) is 46.7 Å². The van der Waals surface area contributed by atoms with Gasteiger partial charge in [0.05, 0.1) is 41.3 Å². The fourth-order valence-corrected chi connectivity index (χ4v) is 6.00. The molecule has 10 heteroatoms. The number of carbonyl (C=O) groups is 1. The van der Waals surface area contributed by atoms with Crippen LogP contribution in [0.1, 0.15) is 52.0 Å². The third kappa shape index (κ3) is 5.64. The van der Waals surface area contributed by atoms with Crippen LogP contribution in [-0.4, -0.2) is 55.1 Å². The fraction of sp³-hybridized carbons (Fsp3) is 0.400. The lowest BCUT2D eigenvalue weighted by molar-refractivity contribution is -0.115. The van der Waals surface area contributed by atoms with Crippen LogP contribution in [0.25, 0.3) is 11.3 Å². The number of aliphatic imine (C=N–C) groups is 1. The maximum atomic E-state index is 12.9. The molecule has 0 aliphatic rings. The molecule has 2 atom stereocenters. The van der Waals surface area contributed by atoms with Gasteiger partial charge >= 0.3 is 0 Å². The summed E-state index contributed by atoms with van der Waals surface area (Å²) in [6, 6.07) is 3.50. The van der Waals surface area contributed by atoms with Crippen LogP contribution in [0.5, 0.6) is 5.75 Å². The molecule has 3 aromatic heterocycles. The Morgan fingerprint density at radius 2 is 2.09 bits per heavy atom. The van der Waals surface area contributed by atoms with E-state index in [-0.39, 0.29) is 32.9 Å². The van der Waals surface area contributed by atoms with Gasteiger partial charge in [0.15, 0.2) is 0 Å². The first-order valence-electron chi connectivity index (χ1n) is 11.3. The molecule has 0 bridgehead atoms. The van der Waals surface area contributed by atoms with E-state index in [4.69, 9.17) is 10.5 Å². The van der Waals surface area contributed by atoms with Crippen molar-refractivity contribution in [1.29, 1.82) is 0 Å². The zero-order chi connectivity index (χ0) is 25.9. The highest BCUT2D eigenvalue weighted by Crippen LogP contribution is 2.44. The molecule has 0 aliphatic heterocycles. The number of hydrogen-bond acceptors (Lipinski definition) is 6. The molecule has 0 spiro atoms. The average molecular weight is 498 g/mol. The Bertz CT molecular complexity index is 1330. The second-order valence-corrected chi connectivity index (χ2v) is 11.9. The molecule has 3 aromatic rings. The minimum atomic E-state index is -0.334. The number of nitrogens with two attached hydrogens (primary N) is 1. The van der Waals surface area contributed by atoms with Crippen molar-refractivity contribution in [3.05, 3.63) is 48.2 Å². The molecule has 3 N–H and O–H groups in total. The normalized spacial score (nSPS) is 14.9. The van der Waals surface area contributed by atoms with Gasteiger partial charge < -0.3 is 15.8 Å². The molecule has 0 radical (unpaired) electrons. The number of aryl methyl sites for hydroxylation is 1. The number of nitrogens with one attached hydrogen (secondary N) is 1. The third-order valence-corrected chi connectivity index (χ3v) is 8.09. The SMILES string of the molecule is C/C=S(\c1cn2c(C(N)=CC(=NC)C(=O)N[C@@H](C)c3ccn(C)n3)cnc2cc1OC)C(C)(C)C. The number of amides is 1. The van der Waals surface area contributed by atoms with Gasteiger partial charge in [-0.3, -0.25) is 18.9 Å². The Kier molecular flexibility index (Phi) is 7.84. The van der Waals surface area contributed by atoms with Crippen molar-refractivity contribution in [2.24, 2.45) is 17.8 Å². The number of aromatic nitrogens is 4. The van der Waals surface area contributed by atoms with Gasteiger partial charge in [-0.1, -0.05) is 26.1 Å². The number of ether oxygens (including phenoxy) is 1. The van der Waals surface area contributed by atoms with Crippen molar-refractivity contribution in [3.8, 4) is 5.75 Å². The Morgan fingerprint density at radius 1 is 1.37 bits per heavy atom. The highest BCUT2D eigenvalue weighted by atomic mass is 32.2. The van der Waals surface area contributed by atoms with Crippen molar-refractivity contribution in [1.82, 2.24) is 24.5 Å². The van der Waals surface area contributed by atoms with Crippen molar-refractivity contribution in [2.75, 3.05) is 14.2 Å². The summed E-state index contributed by atoms with van der Waals surface area (Å²) in [5, 5.41) is 9.47. The summed E-state index contributed by atoms with van der Waals surface area (Å²) in [5.41, 5.74) is 9.20. The molecule has 35 heavy (non-hydrogen) atoms. The van der Waals surface area contributed by atoms with E-state index in [1.807, 2.05) is 42.9 Å². The monoisotopic (exact) mass is 497 g/mol. The molecule has 9 nitrogen and oxygen atoms in total. The highest BCUT2D eigenvalue weighted by molar-refractivity contribution is 8.16. The molecule has 3 heterocycles. The summed E-state index contributed by atoms with van der Waals surface area (Å²) < 4.78 is 9.34. The Balaban J connectivity index is 1.97. The van der Waals surface area contributed by atoms with Crippen LogP contribution in [-0.2, 0) is 11.8 Å². The molecular formula is C25H35N7O2S. The summed E-state index contributed by atoms with van der Waals surface area (Å²) in [5.74, 6) is 0.451. The van der Waals surface area contributed by atoms with Crippen LogP contribution < -0.4 is 15.8 Å². The first-order valence-corrected chi connectivity index (χ1v) is 12.6. The molecular weight excluding hydrogens is 462 g/mol. The highest BCUT2D eigenvalue weighted by Gasteiger charge is 2.22. The largest absolute Gasteiger partial charge is 0.495 e. The standard InChI is InChI=1S/C25H35N7O2S/c1-9-35(25(3,4)5)22-15-32-20(14-28-23(32)13-21(22)34-8)17(26)12-19(27-6)24(33)29-16(2)18-10-11-31(7)30-18/h9-16H,26H2,1-8H3,(H,29,33)/t16-,35?/m0/s1. The molecule has 1 amide bonds. The van der Waals surface area contributed by atoms with E-state index in [9.17, 15) is 4.79 Å². The third-order valence-electron chi connectivity index (χ3n) is 5.51. The predicted molar refractivity (Wildman–Crippen MR) is 144 cm³/mol. The Labute approximate surface area is 209 Å². The second kappa shape index (κ2) is 10.5. The fourth-order valence-electron chi connectivity index (χ4n) is 3.80. The van der Waals surface area contributed by atoms with E-state index in [1.165, 1.54) is 0 Å². The quantitative estimate of drug-likeness (QED) is 0.383. The maximum absolute atomic E-state index is 12.9. The Hall–Kier alpha value is -3.40. The van der Waals surface area contributed by atoms with Crippen molar-refractivity contribution in [3.63, 3.8) is 0 Å². The second-order valence-electron chi connectivity index (χ2n) is 9.08. The van der Waals surface area contributed by atoms with Crippen molar-refractivity contribution < 1.29 is 9.53 Å². The smallest absolute Gasteiger partial charge is 0.270 e. The van der Waals surface area contributed by atoms with Crippen LogP contribution in [0, 0.1) is 0 Å². The lowest BCUT2D eigenvalue weighted by Gasteiger charge is -2.26. The molecule has 188 valence electrons. The number of nitrogens with zero attached hydrogens (tertiary/aromatic N) is 5. The molecule has 1 unspecified atom stereocenters. The molecule has 3 rings (SSSR count). The number of methoxy groups -OCH3 is 1. The summed E-state index contributed by atoms with van der Waals surface area (Å²) >= 11 is 0. The summed E-state index contributed by atoms with van der Waals surface area (Å²) in [6.07, 6.45) is 7.12. The summed E-state index contributed by atoms with van der Waals surface area (Å²) in [7, 11) is 4.88. The number of imidazole rings is 1. The zero-order valence-electron chi connectivity index (χ0n) is 21.7. The number of rotatable bonds is 7. The minimum Gasteiger partial charge on any atom is -0.495 e. The lowest BCUT2D eigenvalue weighted by atomic mass is 10.2. The van der Waals surface area contributed by atoms with E-state index >= 15 is 0 Å². The van der Waals surface area contributed by atoms with Gasteiger partial charge in [-0.15, -0.1) is 10.5 Å². The van der Waals surface area contributed by atoms with E-state index in [1.54, 1.807) is 31.1 Å². The topological polar surface area (TPSA) is 112 Å². The van der Waals surface area contributed by atoms with Gasteiger partial charge in [-0.2, -0.15) is 5.10 Å². The van der Waals surface area contributed by atoms with Gasteiger partial charge in [0, 0.05) is 37.3 Å². The van der Waals surface area contributed by atoms with E-state index in [0.29, 0.717) is 17.0 Å². The number of pyridine rings is 1. The minimum absolute atomic E-state index is 0.0161. The van der Waals surface area contributed by atoms with E-state index < -0.39 is 0 Å². The van der Waals surface area contributed by atoms with Crippen LogP contribution in [0.3, 0.4) is 0 Å². The van der Waals surface area contributed by atoms with Gasteiger partial charge in [-0.25, -0.2) is 4.98 Å². The van der Waals surface area contributed by atoms with E-state index in [2.05, 4.69) is 53.5 Å². The van der Waals surface area contributed by atoms with Gasteiger partial charge in [0.2, 0.25) is 0 Å². The number of carbonyl (C=O) groups excluding carboxylic acids is 1. The first-order chi connectivity index (χ1) is 16.5. The predicted octanol–water partition coefficient (Wildman–Crippen LogP) is 3.57. The molecule has 0 aliphatic carbocycles. The first kappa shape index (κ1) is 26.2. The van der Waals surface area contributed by atoms with Gasteiger partial charge in [0.1, 0.15) is 17.1 Å². The number of fused-ring (bicyclic) bond motifs is 1. The number of hydrogen-bond donors (Lipinski definition) is 2. The molecule has 0 saturated heterocycles. The van der Waals surface area contributed by atoms with Crippen LogP contribution >= 0.6 is 10.5 Å². The van der Waals surface area contributed by atoms with E-state index in [0.717, 1.165) is 16.3 Å². The van der Waals surface area contributed by atoms with Crippen LogP contribution in [0.2, 0.25) is 0 Å². The van der Waals surface area contributed by atoms with Gasteiger partial charge in [-0.05, 0) is 26.0 Å². The zero-order valence-corrected chi connectivity index (χ0v) is 22.5. The lowest BCUT2D eigenvalue weighted by Crippen LogP contribution is -2.33. The summed E-state index contributed by atoms with van der Waals surface area (Å²) in [6.45, 7) is 10.6.